The Morgan fingerprint density at radius 1 is 1.27 bits per heavy atom. The Balaban J connectivity index is 2.22. The molecule has 0 bridgehead atoms. The largest absolute Gasteiger partial charge is 0.493 e. The predicted octanol–water partition coefficient (Wildman–Crippen LogP) is 3.26. The molecule has 0 radical (unpaired) electrons. The number of hydrogen-bond acceptors (Lipinski definition) is 7. The molecule has 26 heavy (non-hydrogen) atoms. The first-order valence-electron chi connectivity index (χ1n) is 8.12. The van der Waals surface area contributed by atoms with Gasteiger partial charge in [0.2, 0.25) is 0 Å². The van der Waals surface area contributed by atoms with Gasteiger partial charge >= 0.3 is 0 Å². The minimum Gasteiger partial charge on any atom is -0.493 e. The molecule has 0 spiro atoms. The second-order valence-corrected chi connectivity index (χ2v) is 5.40. The smallest absolute Gasteiger partial charge is 0.164 e. The summed E-state index contributed by atoms with van der Waals surface area (Å²) in [5.41, 5.74) is 5.61. The number of anilines is 1. The molecule has 0 amide bonds. The van der Waals surface area contributed by atoms with Crippen molar-refractivity contribution in [3.63, 3.8) is 0 Å². The van der Waals surface area contributed by atoms with E-state index in [-0.39, 0.29) is 0 Å². The van der Waals surface area contributed by atoms with Crippen molar-refractivity contribution in [3.8, 4) is 17.6 Å². The summed E-state index contributed by atoms with van der Waals surface area (Å²) >= 11 is 0. The van der Waals surface area contributed by atoms with Gasteiger partial charge in [0.25, 0.3) is 0 Å². The summed E-state index contributed by atoms with van der Waals surface area (Å²) in [6, 6.07) is 9.49. The first kappa shape index (κ1) is 19.2. The Kier molecular flexibility index (Phi) is 6.94. The van der Waals surface area contributed by atoms with Crippen molar-refractivity contribution in [3.05, 3.63) is 46.6 Å². The topological polar surface area (TPSA) is 88.8 Å². The summed E-state index contributed by atoms with van der Waals surface area (Å²) in [4.78, 5) is 4.34. The number of pyridine rings is 1. The van der Waals surface area contributed by atoms with Crippen LogP contribution in [0.5, 0.6) is 11.5 Å². The lowest BCUT2D eigenvalue weighted by Gasteiger charge is -2.10. The van der Waals surface area contributed by atoms with Crippen molar-refractivity contribution in [1.82, 2.24) is 4.98 Å². The van der Waals surface area contributed by atoms with E-state index in [4.69, 9.17) is 14.2 Å². The van der Waals surface area contributed by atoms with E-state index in [1.54, 1.807) is 20.4 Å². The highest BCUT2D eigenvalue weighted by Gasteiger charge is 2.11. The van der Waals surface area contributed by atoms with Crippen LogP contribution in [0.3, 0.4) is 0 Å². The molecule has 1 N–H and O–H groups in total. The number of rotatable bonds is 8. The molecule has 1 aromatic carbocycles. The number of ether oxygens (including phenoxy) is 3. The van der Waals surface area contributed by atoms with Gasteiger partial charge in [-0.3, -0.25) is 5.43 Å². The first-order valence-corrected chi connectivity index (χ1v) is 8.12. The normalized spacial score (nSPS) is 10.6. The summed E-state index contributed by atoms with van der Waals surface area (Å²) in [6.07, 6.45) is 1.62. The molecule has 0 fully saturated rings. The Labute approximate surface area is 153 Å². The van der Waals surface area contributed by atoms with Crippen molar-refractivity contribution in [2.75, 3.05) is 26.3 Å². The fourth-order valence-corrected chi connectivity index (χ4v) is 2.42. The van der Waals surface area contributed by atoms with Crippen LogP contribution in [0, 0.1) is 18.3 Å². The van der Waals surface area contributed by atoms with Crippen LogP contribution in [0.1, 0.15) is 29.3 Å². The van der Waals surface area contributed by atoms with Crippen molar-refractivity contribution >= 4 is 12.0 Å². The Morgan fingerprint density at radius 3 is 2.73 bits per heavy atom. The van der Waals surface area contributed by atoms with Crippen molar-refractivity contribution < 1.29 is 14.2 Å². The van der Waals surface area contributed by atoms with E-state index in [9.17, 15) is 5.26 Å². The number of nitrogens with one attached hydrogen (secondary N) is 1. The van der Waals surface area contributed by atoms with Gasteiger partial charge < -0.3 is 14.2 Å². The van der Waals surface area contributed by atoms with E-state index in [0.717, 1.165) is 16.8 Å². The maximum atomic E-state index is 9.41. The van der Waals surface area contributed by atoms with Gasteiger partial charge in [-0.1, -0.05) is 0 Å². The number of aromatic nitrogens is 1. The standard InChI is InChI=1S/C19H22N4O3/c1-5-26-17-7-6-14(9-18(17)25-4)11-21-23-19-16(10-20)15(12-24-3)8-13(2)22-19/h6-9,11H,5,12H2,1-4H3,(H,22,23)/b21-11+. The third-order valence-corrected chi connectivity index (χ3v) is 3.51. The molecule has 0 atom stereocenters. The highest BCUT2D eigenvalue weighted by molar-refractivity contribution is 5.81. The second-order valence-electron chi connectivity index (χ2n) is 5.40. The lowest BCUT2D eigenvalue weighted by molar-refractivity contribution is 0.184. The molecule has 7 nitrogen and oxygen atoms in total. The van der Waals surface area contributed by atoms with Crippen LogP contribution in [0.2, 0.25) is 0 Å². The van der Waals surface area contributed by atoms with Crippen LogP contribution in [0.15, 0.2) is 29.4 Å². The summed E-state index contributed by atoms with van der Waals surface area (Å²) in [7, 11) is 3.17. The number of methoxy groups -OCH3 is 2. The molecule has 1 heterocycles. The van der Waals surface area contributed by atoms with E-state index in [0.29, 0.717) is 36.1 Å². The average Bonchev–Trinajstić information content (AvgIpc) is 2.63. The first-order chi connectivity index (χ1) is 12.6. The predicted molar refractivity (Wildman–Crippen MR) is 99.8 cm³/mol. The van der Waals surface area contributed by atoms with Gasteiger partial charge in [-0.05, 0) is 43.7 Å². The number of nitrogens with zero attached hydrogens (tertiary/aromatic N) is 3. The van der Waals surface area contributed by atoms with Crippen molar-refractivity contribution in [2.45, 2.75) is 20.5 Å². The summed E-state index contributed by atoms with van der Waals surface area (Å²) in [6.45, 7) is 4.66. The Hall–Kier alpha value is -3.11. The summed E-state index contributed by atoms with van der Waals surface area (Å²) in [5.74, 6) is 1.70. The zero-order chi connectivity index (χ0) is 18.9. The molecular formula is C19H22N4O3. The van der Waals surface area contributed by atoms with Crippen molar-refractivity contribution in [2.24, 2.45) is 5.10 Å². The molecule has 1 aromatic heterocycles. The SMILES string of the molecule is CCOc1ccc(/C=N/Nc2nc(C)cc(COC)c2C#N)cc1OC. The highest BCUT2D eigenvalue weighted by Crippen LogP contribution is 2.27. The third-order valence-electron chi connectivity index (χ3n) is 3.51. The van der Waals surface area contributed by atoms with Gasteiger partial charge in [-0.25, -0.2) is 4.98 Å². The van der Waals surface area contributed by atoms with Crippen LogP contribution >= 0.6 is 0 Å². The van der Waals surface area contributed by atoms with E-state index >= 15 is 0 Å². The maximum Gasteiger partial charge on any atom is 0.164 e. The minimum atomic E-state index is 0.334. The highest BCUT2D eigenvalue weighted by atomic mass is 16.5. The number of nitriles is 1. The van der Waals surface area contributed by atoms with Crippen LogP contribution < -0.4 is 14.9 Å². The zero-order valence-electron chi connectivity index (χ0n) is 15.4. The van der Waals surface area contributed by atoms with Gasteiger partial charge in [-0.15, -0.1) is 0 Å². The number of benzene rings is 1. The Morgan fingerprint density at radius 2 is 2.08 bits per heavy atom. The zero-order valence-corrected chi connectivity index (χ0v) is 15.4. The molecule has 0 aliphatic rings. The lowest BCUT2D eigenvalue weighted by Crippen LogP contribution is -2.03. The molecule has 2 aromatic rings. The number of hydrogen-bond donors (Lipinski definition) is 1. The summed E-state index contributed by atoms with van der Waals surface area (Å²) in [5, 5.41) is 13.6. The molecular weight excluding hydrogens is 332 g/mol. The van der Waals surface area contributed by atoms with E-state index in [1.807, 2.05) is 38.1 Å². The third kappa shape index (κ3) is 4.71. The van der Waals surface area contributed by atoms with E-state index in [2.05, 4.69) is 21.6 Å². The van der Waals surface area contributed by atoms with E-state index < -0.39 is 0 Å². The fourth-order valence-electron chi connectivity index (χ4n) is 2.42. The lowest BCUT2D eigenvalue weighted by atomic mass is 10.1. The maximum absolute atomic E-state index is 9.41. The fraction of sp³-hybridized carbons (Fsp3) is 0.316. The van der Waals surface area contributed by atoms with E-state index in [1.165, 1.54) is 0 Å². The molecule has 0 saturated carbocycles. The molecule has 136 valence electrons. The van der Waals surface area contributed by atoms with Gasteiger partial charge in [0, 0.05) is 18.4 Å². The van der Waals surface area contributed by atoms with Crippen LogP contribution in [-0.2, 0) is 11.3 Å². The molecule has 7 heteroatoms. The molecule has 0 saturated heterocycles. The van der Waals surface area contributed by atoms with Crippen LogP contribution in [0.4, 0.5) is 5.82 Å². The molecule has 0 aliphatic carbocycles. The molecule has 0 unspecified atom stereocenters. The van der Waals surface area contributed by atoms with Gasteiger partial charge in [0.1, 0.15) is 11.6 Å². The van der Waals surface area contributed by atoms with Gasteiger partial charge in [-0.2, -0.15) is 10.4 Å². The van der Waals surface area contributed by atoms with Crippen LogP contribution in [-0.4, -0.2) is 32.0 Å². The second kappa shape index (κ2) is 9.39. The monoisotopic (exact) mass is 354 g/mol. The minimum absolute atomic E-state index is 0.334. The van der Waals surface area contributed by atoms with Gasteiger partial charge in [0.15, 0.2) is 17.3 Å². The average molecular weight is 354 g/mol. The Bertz CT molecular complexity index is 828. The van der Waals surface area contributed by atoms with Gasteiger partial charge in [0.05, 0.1) is 26.5 Å². The number of hydrazone groups is 1. The quantitative estimate of drug-likeness (QED) is 0.578. The van der Waals surface area contributed by atoms with Crippen LogP contribution in [0.25, 0.3) is 0 Å². The molecule has 2 rings (SSSR count). The summed E-state index contributed by atoms with van der Waals surface area (Å²) < 4.78 is 16.0. The molecule has 0 aliphatic heterocycles. The van der Waals surface area contributed by atoms with Crippen molar-refractivity contribution in [1.29, 1.82) is 5.26 Å². The number of aryl methyl sites for hydroxylation is 1.